The van der Waals surface area contributed by atoms with Gasteiger partial charge in [-0.1, -0.05) is 29.8 Å². The van der Waals surface area contributed by atoms with Crippen LogP contribution in [-0.2, 0) is 19.1 Å². The zero-order valence-corrected chi connectivity index (χ0v) is 15.7. The molecule has 4 rings (SSSR count). The van der Waals surface area contributed by atoms with Gasteiger partial charge in [0.25, 0.3) is 5.91 Å². The van der Waals surface area contributed by atoms with E-state index in [0.717, 1.165) is 4.90 Å². The molecule has 0 N–H and O–H groups in total. The number of carbonyl (C=O) groups is 3. The van der Waals surface area contributed by atoms with E-state index in [0.29, 0.717) is 16.4 Å². The number of para-hydroxylation sites is 1. The quantitative estimate of drug-likeness (QED) is 0.585. The molecule has 2 amide bonds. The standard InChI is InChI=1S/C20H16ClN3O4/c1-2-28-20(27)16-15-17(24(22-16)14-6-4-3-5-7-14)19(26)23(18(15)25)13-10-8-12(21)9-11-13/h3-11,15,17H,2H2,1H3/t15-,17+/m1/s1. The second-order valence-corrected chi connectivity index (χ2v) is 6.73. The maximum Gasteiger partial charge on any atom is 0.355 e. The van der Waals surface area contributed by atoms with Gasteiger partial charge in [0.1, 0.15) is 12.0 Å². The molecule has 0 radical (unpaired) electrons. The minimum Gasteiger partial charge on any atom is -0.461 e. The number of hydrogen-bond donors (Lipinski definition) is 0. The second-order valence-electron chi connectivity index (χ2n) is 6.30. The van der Waals surface area contributed by atoms with E-state index in [1.54, 1.807) is 55.5 Å². The summed E-state index contributed by atoms with van der Waals surface area (Å²) in [6, 6.07) is 14.4. The largest absolute Gasteiger partial charge is 0.461 e. The molecular weight excluding hydrogens is 382 g/mol. The maximum absolute atomic E-state index is 13.2. The molecule has 142 valence electrons. The summed E-state index contributed by atoms with van der Waals surface area (Å²) in [6.07, 6.45) is 0. The third-order valence-corrected chi connectivity index (χ3v) is 4.89. The highest BCUT2D eigenvalue weighted by atomic mass is 35.5. The smallest absolute Gasteiger partial charge is 0.355 e. The Morgan fingerprint density at radius 1 is 1.04 bits per heavy atom. The molecule has 28 heavy (non-hydrogen) atoms. The highest BCUT2D eigenvalue weighted by Gasteiger charge is 2.59. The molecule has 1 saturated heterocycles. The van der Waals surface area contributed by atoms with Gasteiger partial charge < -0.3 is 4.74 Å². The first kappa shape index (κ1) is 18.2. The van der Waals surface area contributed by atoms with Gasteiger partial charge in [0.15, 0.2) is 5.71 Å². The number of esters is 1. The van der Waals surface area contributed by atoms with Gasteiger partial charge in [-0.3, -0.25) is 14.6 Å². The van der Waals surface area contributed by atoms with Crippen molar-refractivity contribution in [3.63, 3.8) is 0 Å². The molecule has 2 heterocycles. The van der Waals surface area contributed by atoms with Gasteiger partial charge in [-0.2, -0.15) is 5.10 Å². The van der Waals surface area contributed by atoms with E-state index in [1.807, 2.05) is 6.07 Å². The topological polar surface area (TPSA) is 79.3 Å². The number of amides is 2. The van der Waals surface area contributed by atoms with Gasteiger partial charge in [0.05, 0.1) is 18.0 Å². The van der Waals surface area contributed by atoms with Crippen molar-refractivity contribution in [3.8, 4) is 0 Å². The number of hydrazone groups is 1. The lowest BCUT2D eigenvalue weighted by Gasteiger charge is -2.22. The van der Waals surface area contributed by atoms with Gasteiger partial charge in [0.2, 0.25) is 5.91 Å². The third-order valence-electron chi connectivity index (χ3n) is 4.64. The number of ether oxygens (including phenoxy) is 1. The SMILES string of the molecule is CCOC(=O)C1=NN(c2ccccc2)[C@@H]2C(=O)N(c3ccc(Cl)cc3)C(=O)[C@H]12. The number of nitrogens with zero attached hydrogens (tertiary/aromatic N) is 3. The zero-order valence-electron chi connectivity index (χ0n) is 14.9. The molecule has 0 unspecified atom stereocenters. The summed E-state index contributed by atoms with van der Waals surface area (Å²) >= 11 is 5.91. The Morgan fingerprint density at radius 2 is 1.71 bits per heavy atom. The fraction of sp³-hybridized carbons (Fsp3) is 0.200. The molecule has 0 aromatic heterocycles. The van der Waals surface area contributed by atoms with Gasteiger partial charge in [-0.15, -0.1) is 0 Å². The number of anilines is 2. The minimum absolute atomic E-state index is 0.0643. The van der Waals surface area contributed by atoms with Crippen LogP contribution in [0.4, 0.5) is 11.4 Å². The first-order valence-corrected chi connectivity index (χ1v) is 9.14. The summed E-state index contributed by atoms with van der Waals surface area (Å²) in [5, 5.41) is 6.20. The number of fused-ring (bicyclic) bond motifs is 1. The van der Waals surface area contributed by atoms with Crippen LogP contribution < -0.4 is 9.91 Å². The second kappa shape index (κ2) is 7.09. The molecule has 2 aliphatic rings. The first-order valence-electron chi connectivity index (χ1n) is 8.76. The Bertz CT molecular complexity index is 975. The van der Waals surface area contributed by atoms with E-state index in [9.17, 15) is 14.4 Å². The molecule has 7 nitrogen and oxygen atoms in total. The minimum atomic E-state index is -1.03. The van der Waals surface area contributed by atoms with Crippen molar-refractivity contribution in [3.05, 3.63) is 59.6 Å². The average Bonchev–Trinajstić information content (AvgIpc) is 3.21. The maximum atomic E-state index is 13.2. The van der Waals surface area contributed by atoms with Crippen LogP contribution in [0.1, 0.15) is 6.92 Å². The molecule has 2 aromatic rings. The number of hydrogen-bond acceptors (Lipinski definition) is 6. The number of rotatable bonds is 4. The molecule has 0 saturated carbocycles. The van der Waals surface area contributed by atoms with Gasteiger partial charge in [0, 0.05) is 5.02 Å². The van der Waals surface area contributed by atoms with E-state index in [1.165, 1.54) is 5.01 Å². The van der Waals surface area contributed by atoms with Crippen LogP contribution in [0, 0.1) is 5.92 Å². The van der Waals surface area contributed by atoms with Gasteiger partial charge in [-0.05, 0) is 43.3 Å². The van der Waals surface area contributed by atoms with Crippen LogP contribution in [0.3, 0.4) is 0 Å². The van der Waals surface area contributed by atoms with Crippen molar-refractivity contribution < 1.29 is 19.1 Å². The van der Waals surface area contributed by atoms with Crippen LogP contribution >= 0.6 is 11.6 Å². The van der Waals surface area contributed by atoms with Crippen LogP contribution in [0.15, 0.2) is 59.7 Å². The van der Waals surface area contributed by atoms with Gasteiger partial charge in [-0.25, -0.2) is 9.69 Å². The summed E-state index contributed by atoms with van der Waals surface area (Å²) in [6.45, 7) is 1.81. The number of imide groups is 1. The number of carbonyl (C=O) groups excluding carboxylic acids is 3. The van der Waals surface area contributed by atoms with E-state index in [4.69, 9.17) is 16.3 Å². The summed E-state index contributed by atoms with van der Waals surface area (Å²) < 4.78 is 5.06. The van der Waals surface area contributed by atoms with E-state index < -0.39 is 29.7 Å². The van der Waals surface area contributed by atoms with Crippen LogP contribution in [0.25, 0.3) is 0 Å². The third kappa shape index (κ3) is 2.84. The lowest BCUT2D eigenvalue weighted by molar-refractivity contribution is -0.136. The van der Waals surface area contributed by atoms with Crippen LogP contribution in [-0.4, -0.2) is 36.1 Å². The lowest BCUT2D eigenvalue weighted by atomic mass is 9.98. The summed E-state index contributed by atoms with van der Waals surface area (Å²) in [5.74, 6) is -2.69. The molecule has 8 heteroatoms. The lowest BCUT2D eigenvalue weighted by Crippen LogP contribution is -2.39. The molecule has 0 spiro atoms. The van der Waals surface area contributed by atoms with Crippen LogP contribution in [0.5, 0.6) is 0 Å². The Hall–Kier alpha value is -3.19. The fourth-order valence-corrected chi connectivity index (χ4v) is 3.55. The van der Waals surface area contributed by atoms with Crippen LogP contribution in [0.2, 0.25) is 5.02 Å². The molecule has 2 aliphatic heterocycles. The predicted molar refractivity (Wildman–Crippen MR) is 104 cm³/mol. The molecular formula is C20H16ClN3O4. The Morgan fingerprint density at radius 3 is 2.36 bits per heavy atom. The number of benzene rings is 2. The number of halogens is 1. The van der Waals surface area contributed by atoms with Crippen molar-refractivity contribution in [1.29, 1.82) is 0 Å². The zero-order chi connectivity index (χ0) is 19.8. The molecule has 2 aromatic carbocycles. The fourth-order valence-electron chi connectivity index (χ4n) is 3.43. The molecule has 2 atom stereocenters. The Labute approximate surface area is 166 Å². The summed E-state index contributed by atoms with van der Waals surface area (Å²) in [4.78, 5) is 39.8. The monoisotopic (exact) mass is 397 g/mol. The summed E-state index contributed by atoms with van der Waals surface area (Å²) in [7, 11) is 0. The highest BCUT2D eigenvalue weighted by Crippen LogP contribution is 2.38. The molecule has 0 bridgehead atoms. The normalized spacial score (nSPS) is 21.0. The van der Waals surface area contributed by atoms with E-state index in [2.05, 4.69) is 5.10 Å². The van der Waals surface area contributed by atoms with E-state index >= 15 is 0 Å². The van der Waals surface area contributed by atoms with Crippen molar-refractivity contribution in [2.75, 3.05) is 16.5 Å². The summed E-state index contributed by atoms with van der Waals surface area (Å²) in [5.41, 5.74) is 0.937. The average molecular weight is 398 g/mol. The Kier molecular flexibility index (Phi) is 4.60. The first-order chi connectivity index (χ1) is 13.5. The highest BCUT2D eigenvalue weighted by molar-refractivity contribution is 6.47. The van der Waals surface area contributed by atoms with Crippen molar-refractivity contribution in [2.24, 2.45) is 11.0 Å². The van der Waals surface area contributed by atoms with Crippen molar-refractivity contribution in [1.82, 2.24) is 0 Å². The van der Waals surface area contributed by atoms with E-state index in [-0.39, 0.29) is 12.3 Å². The molecule has 1 fully saturated rings. The van der Waals surface area contributed by atoms with Crippen molar-refractivity contribution in [2.45, 2.75) is 13.0 Å². The predicted octanol–water partition coefficient (Wildman–Crippen LogP) is 2.64. The van der Waals surface area contributed by atoms with Gasteiger partial charge >= 0.3 is 5.97 Å². The van der Waals surface area contributed by atoms with Crippen molar-refractivity contribution >= 4 is 46.5 Å². The Balaban J connectivity index is 1.78. The molecule has 0 aliphatic carbocycles.